The van der Waals surface area contributed by atoms with Gasteiger partial charge in [0, 0.05) is 22.9 Å². The Bertz CT molecular complexity index is 1520. The molecule has 0 unspecified atom stereocenters. The summed E-state index contributed by atoms with van der Waals surface area (Å²) in [7, 11) is 0. The number of halogens is 1. The van der Waals surface area contributed by atoms with Crippen molar-refractivity contribution in [1.82, 2.24) is 0 Å². The summed E-state index contributed by atoms with van der Waals surface area (Å²) in [6.07, 6.45) is 23.1. The summed E-state index contributed by atoms with van der Waals surface area (Å²) in [5.41, 5.74) is 2.59. The lowest BCUT2D eigenvalue weighted by molar-refractivity contribution is -0.122. The fraction of sp³-hybridized carbons (Fsp3) is 0.917. The molecule has 1 saturated heterocycles. The number of aliphatic hydroxyl groups is 4. The Kier molecular flexibility index (Phi) is 12.2. The van der Waals surface area contributed by atoms with Crippen LogP contribution in [0.4, 0.5) is 0 Å². The van der Waals surface area contributed by atoms with Gasteiger partial charge in [0.2, 0.25) is 0 Å². The van der Waals surface area contributed by atoms with E-state index in [9.17, 15) is 20.4 Å². The third kappa shape index (κ3) is 8.81. The van der Waals surface area contributed by atoms with Crippen molar-refractivity contribution < 1.29 is 32.7 Å². The quantitative estimate of drug-likeness (QED) is 0.0826. The predicted molar refractivity (Wildman–Crippen MR) is 235 cm³/mol. The van der Waals surface area contributed by atoms with Crippen LogP contribution in [0.15, 0.2) is 23.3 Å². The summed E-state index contributed by atoms with van der Waals surface area (Å²) in [6.45, 7) is 23.0. The van der Waals surface area contributed by atoms with E-state index in [-0.39, 0.29) is 22.5 Å². The second-order valence-electron chi connectivity index (χ2n) is 23.3. The molecule has 8 heteroatoms. The van der Waals surface area contributed by atoms with Crippen molar-refractivity contribution in [3.8, 4) is 0 Å². The molecule has 7 fully saturated rings. The first-order valence-electron chi connectivity index (χ1n) is 23.5. The molecule has 322 valence electrons. The Labute approximate surface area is 358 Å². The molecule has 9 rings (SSSR count). The summed E-state index contributed by atoms with van der Waals surface area (Å²) in [5.74, 6) is 4.49. The monoisotopic (exact) mass is 899 g/mol. The summed E-state index contributed by atoms with van der Waals surface area (Å²) >= 11 is 1.51. The topological polar surface area (TPSA) is 129 Å². The fourth-order valence-corrected chi connectivity index (χ4v) is 14.3. The van der Waals surface area contributed by atoms with E-state index in [0.717, 1.165) is 87.6 Å². The molecule has 6 saturated carbocycles. The Balaban J connectivity index is 0.000000163. The van der Waals surface area contributed by atoms with Gasteiger partial charge >= 0.3 is 0 Å². The smallest absolute Gasteiger partial charge is 0.131 e. The number of epoxide rings is 1. The lowest BCUT2D eigenvalue weighted by atomic mass is 9.47. The molecule has 0 bridgehead atoms. The zero-order valence-electron chi connectivity index (χ0n) is 38.9. The highest BCUT2D eigenvalue weighted by atomic mass is 127. The molecule has 0 aromatic heterocycles. The van der Waals surface area contributed by atoms with Gasteiger partial charge in [0.1, 0.15) is 2.82 Å². The van der Waals surface area contributed by atoms with Crippen LogP contribution in [0.2, 0.25) is 2.82 Å². The van der Waals surface area contributed by atoms with Gasteiger partial charge in [-0.1, -0.05) is 51.0 Å². The van der Waals surface area contributed by atoms with E-state index in [1.54, 1.807) is 0 Å². The zero-order chi connectivity index (χ0) is 42.9. The minimum Gasteiger partial charge on any atom is -0.393 e. The number of rotatable bonds is 3. The molecule has 14 atom stereocenters. The fourth-order valence-electron chi connectivity index (χ4n) is 14.3. The molecule has 1 aliphatic heterocycles. The minimum atomic E-state index is -0.749. The van der Waals surface area contributed by atoms with Crippen molar-refractivity contribution in [2.45, 2.75) is 207 Å². The molecular formula is C48H82INO6. The molecule has 9 aliphatic rings. The zero-order valence-corrected chi connectivity index (χ0v) is 39.1. The molecule has 7 nitrogen and oxygen atoms in total. The Hall–Kier alpha value is -0.0700. The second-order valence-corrected chi connectivity index (χ2v) is 23.3. The largest absolute Gasteiger partial charge is 0.393 e. The standard InChI is InChI=1S/C24H40O3.C20H32O2.C4H8O.H2IN/c1-21(2,25)15-27-20-9-8-18-17-7-6-16-14-22(3,26)12-13-23(16,4)19(17)10-11-24(18,20)5;1-18(22)10-11-19(2)13(12-18)4-5-14-15-6-7-17(21)20(15,3)9-8-16(14)19;1-4(2)3-5-4;1-2/h6,17-20,25-26H,7-15H2,1-5H3;4,14-17,21-22H,5-12H2,1-3H3;3H2,1-2H3;2H2/t17-,18-,19-,20-,22-,23-,24-;14-,15-,16-,17-,18-,19-,20-;;/m00../s1/i/hTD. The molecule has 0 aromatic carbocycles. The van der Waals surface area contributed by atoms with E-state index < -0.39 is 16.8 Å². The lowest BCUT2D eigenvalue weighted by Gasteiger charge is -2.58. The van der Waals surface area contributed by atoms with Crippen LogP contribution < -0.4 is 3.93 Å². The number of hydrogen-bond acceptors (Lipinski definition) is 7. The molecule has 56 heavy (non-hydrogen) atoms. The van der Waals surface area contributed by atoms with Crippen LogP contribution in [0.3, 0.4) is 0 Å². The molecule has 0 radical (unpaired) electrons. The van der Waals surface area contributed by atoms with Gasteiger partial charge in [0.15, 0.2) is 0 Å². The highest BCUT2D eigenvalue weighted by molar-refractivity contribution is 14.1. The van der Waals surface area contributed by atoms with E-state index in [1.165, 1.54) is 85.4 Å². The van der Waals surface area contributed by atoms with Gasteiger partial charge in [-0.15, -0.1) is 0 Å². The van der Waals surface area contributed by atoms with Gasteiger partial charge in [0.05, 0.1) is 47.8 Å². The first-order valence-corrected chi connectivity index (χ1v) is 23.5. The normalized spacial score (nSPS) is 50.0. The van der Waals surface area contributed by atoms with Crippen molar-refractivity contribution in [2.24, 2.45) is 61.1 Å². The van der Waals surface area contributed by atoms with Gasteiger partial charge in [-0.05, 0) is 201 Å². The van der Waals surface area contributed by atoms with Crippen molar-refractivity contribution in [3.05, 3.63) is 23.3 Å². The molecule has 8 aliphatic carbocycles. The second kappa shape index (κ2) is 16.0. The van der Waals surface area contributed by atoms with Gasteiger partial charge < -0.3 is 29.9 Å². The lowest BCUT2D eigenvalue weighted by Crippen LogP contribution is -2.52. The first-order chi connectivity index (χ1) is 26.6. The van der Waals surface area contributed by atoms with E-state index >= 15 is 0 Å². The number of hydrogen-bond donors (Lipinski definition) is 5. The van der Waals surface area contributed by atoms with Crippen LogP contribution in [-0.4, -0.2) is 68.3 Å². The Morgan fingerprint density at radius 3 is 1.64 bits per heavy atom. The van der Waals surface area contributed by atoms with E-state index in [1.807, 2.05) is 27.7 Å². The Morgan fingerprint density at radius 1 is 0.768 bits per heavy atom. The van der Waals surface area contributed by atoms with Crippen LogP contribution in [0, 0.1) is 57.2 Å². The van der Waals surface area contributed by atoms with Crippen LogP contribution in [0.5, 0.6) is 0 Å². The van der Waals surface area contributed by atoms with Gasteiger partial charge in [-0.25, -0.2) is 0 Å². The van der Waals surface area contributed by atoms with Crippen LogP contribution >= 0.6 is 22.9 Å². The summed E-state index contributed by atoms with van der Waals surface area (Å²) in [6, 6.07) is 0. The maximum atomic E-state index is 10.6. The summed E-state index contributed by atoms with van der Waals surface area (Å²) in [4.78, 5) is 0. The highest BCUT2D eigenvalue weighted by Crippen LogP contribution is 2.67. The van der Waals surface area contributed by atoms with E-state index in [4.69, 9.17) is 12.3 Å². The number of fused-ring (bicyclic) bond motifs is 10. The maximum Gasteiger partial charge on any atom is 0.131 e. The number of aliphatic hydroxyl groups excluding tert-OH is 1. The van der Waals surface area contributed by atoms with Crippen LogP contribution in [-0.2, 0) is 9.47 Å². The summed E-state index contributed by atoms with van der Waals surface area (Å²) < 4.78 is 23.8. The van der Waals surface area contributed by atoms with Crippen LogP contribution in [0.25, 0.3) is 0 Å². The Morgan fingerprint density at radius 2 is 1.20 bits per heavy atom. The van der Waals surface area contributed by atoms with E-state index in [0.29, 0.717) is 33.4 Å². The minimum absolute atomic E-state index is 0.0799. The van der Waals surface area contributed by atoms with Gasteiger partial charge in [-0.2, -0.15) is 0 Å². The van der Waals surface area contributed by atoms with Gasteiger partial charge in [0.25, 0.3) is 0 Å². The third-order valence-corrected chi connectivity index (χ3v) is 18.0. The van der Waals surface area contributed by atoms with Crippen LogP contribution in [0.1, 0.15) is 172 Å². The van der Waals surface area contributed by atoms with Crippen molar-refractivity contribution in [1.29, 1.82) is 0 Å². The number of allylic oxidation sites excluding steroid dienone is 2. The highest BCUT2D eigenvalue weighted by Gasteiger charge is 2.61. The summed E-state index contributed by atoms with van der Waals surface area (Å²) in [5, 5.41) is 41.7. The molecule has 0 aromatic rings. The average molecular weight is 899 g/mol. The molecule has 0 amide bonds. The SMILES string of the molecule is CC(C)(O)CO[C@H]1CC[C@H]2[C@@H]3CC=C4C[C@@](C)(O)CC[C@]4(C)[C@H]3CC[C@]12C.CC1(C)CO1.C[C@]1(O)CC[C@@]2(C)C(=CC[C@H]3[C@@H]4CC[C@H](O)[C@@]4(C)CC[C@@H]32)C1.[2H]N([3H])I. The molecular weight excluding hydrogens is 813 g/mol. The maximum absolute atomic E-state index is 10.6. The first kappa shape index (κ1) is 42.6. The van der Waals surface area contributed by atoms with Crippen molar-refractivity contribution in [3.63, 3.8) is 0 Å². The molecule has 0 spiro atoms. The van der Waals surface area contributed by atoms with Crippen molar-refractivity contribution in [2.75, 3.05) is 13.2 Å². The van der Waals surface area contributed by atoms with Gasteiger partial charge in [-0.3, -0.25) is 3.93 Å². The van der Waals surface area contributed by atoms with Crippen molar-refractivity contribution >= 4 is 22.9 Å². The number of ether oxygens (including phenoxy) is 2. The average Bonchev–Trinajstić information content (AvgIpc) is 3.56. The van der Waals surface area contributed by atoms with E-state index in [2.05, 4.69) is 53.7 Å². The predicted octanol–water partition coefficient (Wildman–Crippen LogP) is 10.0. The molecule has 1 heterocycles. The number of nitrogens with two attached hydrogens (primary N) is 1. The third-order valence-electron chi connectivity index (χ3n) is 18.0. The molecule has 6 N–H and O–H groups in total.